The van der Waals surface area contributed by atoms with E-state index in [-0.39, 0.29) is 5.69 Å². The Bertz CT molecular complexity index is 715. The molecule has 0 atom stereocenters. The van der Waals surface area contributed by atoms with Crippen molar-refractivity contribution in [1.82, 2.24) is 0 Å². The SMILES string of the molecule is N#CC(=Cc1cccc(Cl)c1)c1ccc([N+](=O)[O-])cc1. The summed E-state index contributed by atoms with van der Waals surface area (Å²) in [6, 6.07) is 15.0. The topological polar surface area (TPSA) is 66.9 Å². The third kappa shape index (κ3) is 3.22. The second-order valence-electron chi connectivity index (χ2n) is 4.03. The number of benzene rings is 2. The summed E-state index contributed by atoms with van der Waals surface area (Å²) in [7, 11) is 0. The first-order valence-corrected chi connectivity index (χ1v) is 6.10. The molecule has 0 heterocycles. The van der Waals surface area contributed by atoms with Crippen LogP contribution in [0.4, 0.5) is 5.69 Å². The smallest absolute Gasteiger partial charge is 0.258 e. The van der Waals surface area contributed by atoms with E-state index >= 15 is 0 Å². The van der Waals surface area contributed by atoms with Crippen LogP contribution in [-0.2, 0) is 0 Å². The number of allylic oxidation sites excluding steroid dienone is 1. The van der Waals surface area contributed by atoms with Gasteiger partial charge in [0.1, 0.15) is 0 Å². The lowest BCUT2D eigenvalue weighted by Crippen LogP contribution is -1.88. The van der Waals surface area contributed by atoms with Gasteiger partial charge in [0.2, 0.25) is 0 Å². The van der Waals surface area contributed by atoms with Gasteiger partial charge in [0.05, 0.1) is 16.6 Å². The van der Waals surface area contributed by atoms with Crippen LogP contribution < -0.4 is 0 Å². The van der Waals surface area contributed by atoms with Crippen LogP contribution in [0.2, 0.25) is 5.02 Å². The Morgan fingerprint density at radius 3 is 2.50 bits per heavy atom. The zero-order valence-corrected chi connectivity index (χ0v) is 11.0. The molecule has 0 aliphatic carbocycles. The average Bonchev–Trinajstić information content (AvgIpc) is 2.45. The maximum Gasteiger partial charge on any atom is 0.269 e. The molecule has 5 heteroatoms. The molecule has 2 aromatic carbocycles. The number of rotatable bonds is 3. The minimum atomic E-state index is -0.476. The Morgan fingerprint density at radius 1 is 1.25 bits per heavy atom. The van der Waals surface area contributed by atoms with Crippen LogP contribution in [0.1, 0.15) is 11.1 Å². The van der Waals surface area contributed by atoms with Crippen molar-refractivity contribution in [2.75, 3.05) is 0 Å². The molecule has 0 fully saturated rings. The van der Waals surface area contributed by atoms with Gasteiger partial charge in [-0.2, -0.15) is 5.26 Å². The molecule has 0 bridgehead atoms. The third-order valence-electron chi connectivity index (χ3n) is 2.67. The van der Waals surface area contributed by atoms with E-state index in [1.165, 1.54) is 12.1 Å². The molecule has 20 heavy (non-hydrogen) atoms. The highest BCUT2D eigenvalue weighted by atomic mass is 35.5. The first-order chi connectivity index (χ1) is 9.60. The second kappa shape index (κ2) is 6.00. The van der Waals surface area contributed by atoms with Crippen molar-refractivity contribution in [2.24, 2.45) is 0 Å². The summed E-state index contributed by atoms with van der Waals surface area (Å²) in [5.41, 5.74) is 1.83. The largest absolute Gasteiger partial charge is 0.269 e. The number of nitrogens with zero attached hydrogens (tertiary/aromatic N) is 2. The Labute approximate surface area is 120 Å². The van der Waals surface area contributed by atoms with E-state index in [2.05, 4.69) is 6.07 Å². The standard InChI is InChI=1S/C15H9ClN2O2/c16-14-3-1-2-11(9-14)8-13(10-17)12-4-6-15(7-5-12)18(19)20/h1-9H. The quantitative estimate of drug-likeness (QED) is 0.365. The number of hydrogen-bond acceptors (Lipinski definition) is 3. The molecule has 0 unspecified atom stereocenters. The molecule has 0 radical (unpaired) electrons. The molecular formula is C15H9ClN2O2. The number of nitro benzene ring substituents is 1. The van der Waals surface area contributed by atoms with Gasteiger partial charge in [-0.25, -0.2) is 0 Å². The van der Waals surface area contributed by atoms with Crippen LogP contribution >= 0.6 is 11.6 Å². The second-order valence-corrected chi connectivity index (χ2v) is 4.47. The summed E-state index contributed by atoms with van der Waals surface area (Å²) < 4.78 is 0. The summed E-state index contributed by atoms with van der Waals surface area (Å²) in [5, 5.41) is 20.4. The summed E-state index contributed by atoms with van der Waals surface area (Å²) in [5.74, 6) is 0. The molecule has 0 aliphatic rings. The fourth-order valence-electron chi connectivity index (χ4n) is 1.71. The average molecular weight is 285 g/mol. The molecule has 0 spiro atoms. The Kier molecular flexibility index (Phi) is 4.14. The van der Waals surface area contributed by atoms with Gasteiger partial charge >= 0.3 is 0 Å². The van der Waals surface area contributed by atoms with E-state index in [9.17, 15) is 15.4 Å². The third-order valence-corrected chi connectivity index (χ3v) is 2.90. The lowest BCUT2D eigenvalue weighted by Gasteiger charge is -2.00. The van der Waals surface area contributed by atoms with Crippen molar-refractivity contribution in [2.45, 2.75) is 0 Å². The molecule has 0 aliphatic heterocycles. The van der Waals surface area contributed by atoms with Gasteiger partial charge in [-0.05, 0) is 41.5 Å². The Morgan fingerprint density at radius 2 is 1.95 bits per heavy atom. The molecule has 2 aromatic rings. The lowest BCUT2D eigenvalue weighted by molar-refractivity contribution is -0.384. The molecule has 0 N–H and O–H groups in total. The van der Waals surface area contributed by atoms with Crippen LogP contribution in [-0.4, -0.2) is 4.92 Å². The molecule has 4 nitrogen and oxygen atoms in total. The van der Waals surface area contributed by atoms with E-state index in [0.717, 1.165) is 5.56 Å². The normalized spacial score (nSPS) is 10.9. The fourth-order valence-corrected chi connectivity index (χ4v) is 1.90. The van der Waals surface area contributed by atoms with E-state index in [4.69, 9.17) is 11.6 Å². The Hall–Kier alpha value is -2.64. The predicted octanol–water partition coefficient (Wildman–Crippen LogP) is 4.31. The van der Waals surface area contributed by atoms with Crippen molar-refractivity contribution in [1.29, 1.82) is 5.26 Å². The fraction of sp³-hybridized carbons (Fsp3) is 0. The van der Waals surface area contributed by atoms with Crippen LogP contribution in [0, 0.1) is 21.4 Å². The van der Waals surface area contributed by atoms with E-state index in [1.54, 1.807) is 36.4 Å². The minimum Gasteiger partial charge on any atom is -0.258 e. The highest BCUT2D eigenvalue weighted by molar-refractivity contribution is 6.30. The zero-order chi connectivity index (χ0) is 14.5. The van der Waals surface area contributed by atoms with Crippen LogP contribution in [0.3, 0.4) is 0 Å². The zero-order valence-electron chi connectivity index (χ0n) is 10.3. The number of non-ortho nitro benzene ring substituents is 1. The van der Waals surface area contributed by atoms with Crippen molar-refractivity contribution in [3.05, 3.63) is 74.8 Å². The van der Waals surface area contributed by atoms with Gasteiger partial charge in [-0.1, -0.05) is 23.7 Å². The number of hydrogen-bond donors (Lipinski definition) is 0. The molecule has 0 amide bonds. The molecular weight excluding hydrogens is 276 g/mol. The van der Waals surface area contributed by atoms with Crippen molar-refractivity contribution in [3.63, 3.8) is 0 Å². The van der Waals surface area contributed by atoms with Crippen LogP contribution in [0.5, 0.6) is 0 Å². The highest BCUT2D eigenvalue weighted by Gasteiger charge is 2.06. The summed E-state index contributed by atoms with van der Waals surface area (Å²) >= 11 is 5.89. The molecule has 98 valence electrons. The van der Waals surface area contributed by atoms with Crippen molar-refractivity contribution >= 4 is 28.9 Å². The predicted molar refractivity (Wildman–Crippen MR) is 78.0 cm³/mol. The summed E-state index contributed by atoms with van der Waals surface area (Å²) in [4.78, 5) is 10.1. The van der Waals surface area contributed by atoms with Gasteiger partial charge in [-0.3, -0.25) is 10.1 Å². The molecule has 0 aromatic heterocycles. The van der Waals surface area contributed by atoms with Crippen molar-refractivity contribution in [3.8, 4) is 6.07 Å². The lowest BCUT2D eigenvalue weighted by atomic mass is 10.0. The van der Waals surface area contributed by atoms with Crippen molar-refractivity contribution < 1.29 is 4.92 Å². The minimum absolute atomic E-state index is 0.00575. The van der Waals surface area contributed by atoms with Gasteiger partial charge in [0.15, 0.2) is 0 Å². The number of nitro groups is 1. The van der Waals surface area contributed by atoms with E-state index < -0.39 is 4.92 Å². The summed E-state index contributed by atoms with van der Waals surface area (Å²) in [6.45, 7) is 0. The number of halogens is 1. The van der Waals surface area contributed by atoms with Crippen LogP contribution in [0.15, 0.2) is 48.5 Å². The van der Waals surface area contributed by atoms with Gasteiger partial charge < -0.3 is 0 Å². The maximum absolute atomic E-state index is 10.6. The molecule has 0 saturated carbocycles. The molecule has 2 rings (SSSR count). The van der Waals surface area contributed by atoms with Gasteiger partial charge in [-0.15, -0.1) is 0 Å². The maximum atomic E-state index is 10.6. The van der Waals surface area contributed by atoms with E-state index in [0.29, 0.717) is 16.2 Å². The van der Waals surface area contributed by atoms with Gasteiger partial charge in [0, 0.05) is 17.2 Å². The number of nitriles is 1. The first-order valence-electron chi connectivity index (χ1n) is 5.72. The first kappa shape index (κ1) is 13.8. The van der Waals surface area contributed by atoms with Crippen LogP contribution in [0.25, 0.3) is 11.6 Å². The summed E-state index contributed by atoms with van der Waals surface area (Å²) in [6.07, 6.45) is 1.69. The van der Waals surface area contributed by atoms with Gasteiger partial charge in [0.25, 0.3) is 5.69 Å². The van der Waals surface area contributed by atoms with E-state index in [1.807, 2.05) is 6.07 Å². The molecule has 0 saturated heterocycles. The monoisotopic (exact) mass is 284 g/mol. The highest BCUT2D eigenvalue weighted by Crippen LogP contribution is 2.21. The Balaban J connectivity index is 2.37.